The van der Waals surface area contributed by atoms with E-state index in [1.165, 1.54) is 7.11 Å². The van der Waals surface area contributed by atoms with Gasteiger partial charge < -0.3 is 29.2 Å². The summed E-state index contributed by atoms with van der Waals surface area (Å²) in [5.74, 6) is 2.50. The Kier molecular flexibility index (Phi) is 6.82. The minimum atomic E-state index is -1.64. The molecule has 3 aromatic carbocycles. The van der Waals surface area contributed by atoms with Gasteiger partial charge in [0.25, 0.3) is 0 Å². The fraction of sp³-hybridized carbons (Fsp3) is 0.231. The van der Waals surface area contributed by atoms with Crippen LogP contribution in [0.3, 0.4) is 0 Å². The van der Waals surface area contributed by atoms with E-state index < -0.39 is 7.12 Å². The number of hydrogen-bond acceptors (Lipinski definition) is 8. The number of anilines is 2. The maximum atomic E-state index is 9.86. The zero-order valence-electron chi connectivity index (χ0n) is 20.7. The molecule has 0 bridgehead atoms. The van der Waals surface area contributed by atoms with E-state index in [1.54, 1.807) is 20.3 Å². The molecule has 0 unspecified atom stereocenters. The molecular weight excluding hydrogens is 445 g/mol. The van der Waals surface area contributed by atoms with Crippen molar-refractivity contribution in [1.29, 1.82) is 0 Å². The van der Waals surface area contributed by atoms with Gasteiger partial charge in [-0.1, -0.05) is 12.1 Å². The lowest BCUT2D eigenvalue weighted by molar-refractivity contribution is 0.395. The van der Waals surface area contributed by atoms with Gasteiger partial charge in [0, 0.05) is 29.3 Å². The van der Waals surface area contributed by atoms with Crippen LogP contribution in [0.25, 0.3) is 21.9 Å². The summed E-state index contributed by atoms with van der Waals surface area (Å²) in [6.07, 6.45) is 0. The van der Waals surface area contributed by atoms with Crippen molar-refractivity contribution in [2.75, 3.05) is 33.3 Å². The lowest BCUT2D eigenvalue weighted by Crippen LogP contribution is -2.31. The summed E-state index contributed by atoms with van der Waals surface area (Å²) < 4.78 is 16.3. The molecule has 35 heavy (non-hydrogen) atoms. The molecule has 0 aliphatic heterocycles. The van der Waals surface area contributed by atoms with Gasteiger partial charge in [-0.15, -0.1) is 5.10 Å². The lowest BCUT2D eigenvalue weighted by Gasteiger charge is -2.23. The third-order valence-corrected chi connectivity index (χ3v) is 6.13. The quantitative estimate of drug-likeness (QED) is 0.395. The molecule has 8 nitrogen and oxygen atoms in total. The highest BCUT2D eigenvalue weighted by Gasteiger charge is 2.21. The molecule has 0 fully saturated rings. The van der Waals surface area contributed by atoms with Gasteiger partial charge in [0.1, 0.15) is 17.2 Å². The van der Waals surface area contributed by atoms with Crippen molar-refractivity contribution in [2.45, 2.75) is 13.8 Å². The number of hydrogen-bond donors (Lipinski definition) is 2. The molecule has 0 aliphatic carbocycles. The maximum absolute atomic E-state index is 9.86. The monoisotopic (exact) mass is 473 g/mol. The highest BCUT2D eigenvalue weighted by molar-refractivity contribution is 6.60. The predicted molar refractivity (Wildman–Crippen MR) is 138 cm³/mol. The van der Waals surface area contributed by atoms with E-state index in [0.29, 0.717) is 28.5 Å². The van der Waals surface area contributed by atoms with Gasteiger partial charge in [-0.05, 0) is 60.9 Å². The van der Waals surface area contributed by atoms with E-state index >= 15 is 0 Å². The van der Waals surface area contributed by atoms with Crippen LogP contribution in [0.2, 0.25) is 0 Å². The first kappa shape index (κ1) is 24.3. The molecule has 1 heterocycles. The second-order valence-electron chi connectivity index (χ2n) is 8.26. The fourth-order valence-corrected chi connectivity index (χ4v) is 4.31. The first-order valence-corrected chi connectivity index (χ1v) is 11.1. The zero-order chi connectivity index (χ0) is 25.3. The van der Waals surface area contributed by atoms with Crippen LogP contribution in [-0.2, 0) is 0 Å². The van der Waals surface area contributed by atoms with Gasteiger partial charge in [-0.25, -0.2) is 0 Å². The number of aryl methyl sites for hydroxylation is 2. The van der Waals surface area contributed by atoms with Gasteiger partial charge in [-0.3, -0.25) is 0 Å². The molecule has 0 amide bonds. The Bertz CT molecular complexity index is 1390. The minimum absolute atomic E-state index is 0.319. The first-order valence-electron chi connectivity index (χ1n) is 11.1. The Labute approximate surface area is 204 Å². The molecule has 4 aromatic rings. The molecule has 0 saturated carbocycles. The van der Waals surface area contributed by atoms with Crippen LogP contribution in [0.4, 0.5) is 11.5 Å². The Morgan fingerprint density at radius 1 is 0.800 bits per heavy atom. The highest BCUT2D eigenvalue weighted by Crippen LogP contribution is 2.38. The van der Waals surface area contributed by atoms with E-state index in [4.69, 9.17) is 14.2 Å². The summed E-state index contributed by atoms with van der Waals surface area (Å²) in [5.41, 5.74) is 4.50. The Balaban J connectivity index is 1.84. The third-order valence-electron chi connectivity index (χ3n) is 6.13. The van der Waals surface area contributed by atoms with Crippen molar-refractivity contribution < 1.29 is 24.3 Å². The van der Waals surface area contributed by atoms with Gasteiger partial charge in [-0.2, -0.15) is 5.10 Å². The van der Waals surface area contributed by atoms with E-state index in [-0.39, 0.29) is 0 Å². The summed E-state index contributed by atoms with van der Waals surface area (Å²) in [4.78, 5) is 1.93. The Hall–Kier alpha value is -3.82. The molecule has 2 N–H and O–H groups in total. The number of ether oxygens (including phenoxy) is 3. The lowest BCUT2D eigenvalue weighted by atomic mass is 9.77. The van der Waals surface area contributed by atoms with E-state index in [2.05, 4.69) is 10.2 Å². The molecule has 4 rings (SSSR count). The Morgan fingerprint density at radius 3 is 2.23 bits per heavy atom. The molecule has 0 spiro atoms. The summed E-state index contributed by atoms with van der Waals surface area (Å²) >= 11 is 0. The molecule has 0 atom stereocenters. The number of benzene rings is 3. The molecule has 0 saturated heterocycles. The van der Waals surface area contributed by atoms with Crippen molar-refractivity contribution in [3.63, 3.8) is 0 Å². The molecule has 1 aromatic heterocycles. The molecule has 180 valence electrons. The van der Waals surface area contributed by atoms with Crippen LogP contribution in [-0.4, -0.2) is 55.7 Å². The first-order chi connectivity index (χ1) is 16.8. The second-order valence-corrected chi connectivity index (χ2v) is 8.26. The number of aromatic nitrogens is 2. The third kappa shape index (κ3) is 4.48. The molecular formula is C26H28BN3O5. The van der Waals surface area contributed by atoms with Crippen LogP contribution >= 0.6 is 0 Å². The van der Waals surface area contributed by atoms with Crippen molar-refractivity contribution in [1.82, 2.24) is 10.2 Å². The summed E-state index contributed by atoms with van der Waals surface area (Å²) in [5, 5.41) is 30.5. The predicted octanol–water partition coefficient (Wildman–Crippen LogP) is 3.39. The van der Waals surface area contributed by atoms with Gasteiger partial charge in [0.05, 0.1) is 32.7 Å². The van der Waals surface area contributed by atoms with Crippen molar-refractivity contribution in [3.8, 4) is 28.4 Å². The fourth-order valence-electron chi connectivity index (χ4n) is 4.31. The van der Waals surface area contributed by atoms with Crippen LogP contribution in [0, 0.1) is 13.8 Å². The van der Waals surface area contributed by atoms with Crippen molar-refractivity contribution in [2.24, 2.45) is 0 Å². The van der Waals surface area contributed by atoms with Crippen LogP contribution < -0.4 is 24.6 Å². The van der Waals surface area contributed by atoms with Crippen molar-refractivity contribution in [3.05, 3.63) is 59.8 Å². The maximum Gasteiger partial charge on any atom is 0.492 e. The number of rotatable bonds is 7. The van der Waals surface area contributed by atoms with Gasteiger partial charge >= 0.3 is 7.12 Å². The minimum Gasteiger partial charge on any atom is -0.497 e. The van der Waals surface area contributed by atoms with Crippen molar-refractivity contribution >= 4 is 34.9 Å². The van der Waals surface area contributed by atoms with Gasteiger partial charge in [0.15, 0.2) is 5.82 Å². The topological polar surface area (TPSA) is 97.2 Å². The standard InChI is InChI=1S/C26H28BN3O5/c1-15-11-18(13-22(27(31)32)25(15)35-6)17-7-9-20-21(12-17)16(2)28-29-26(20)30(3)23-10-8-19(33-4)14-24(23)34-5/h7-14,31-32H,1-6H3. The van der Waals surface area contributed by atoms with Gasteiger partial charge in [0.2, 0.25) is 0 Å². The highest BCUT2D eigenvalue weighted by atomic mass is 16.5. The summed E-state index contributed by atoms with van der Waals surface area (Å²) in [7, 11) is 5.02. The molecule has 0 aliphatic rings. The number of nitrogens with zero attached hydrogens (tertiary/aromatic N) is 3. The average Bonchev–Trinajstić information content (AvgIpc) is 2.87. The largest absolute Gasteiger partial charge is 0.497 e. The molecule has 0 radical (unpaired) electrons. The van der Waals surface area contributed by atoms with Crippen LogP contribution in [0.5, 0.6) is 17.2 Å². The smallest absolute Gasteiger partial charge is 0.492 e. The van der Waals surface area contributed by atoms with Crippen LogP contribution in [0.1, 0.15) is 11.3 Å². The number of methoxy groups -OCH3 is 3. The zero-order valence-corrected chi connectivity index (χ0v) is 20.7. The summed E-state index contributed by atoms with van der Waals surface area (Å²) in [6, 6.07) is 15.3. The summed E-state index contributed by atoms with van der Waals surface area (Å²) in [6.45, 7) is 3.79. The van der Waals surface area contributed by atoms with E-state index in [1.807, 2.05) is 68.3 Å². The SMILES string of the molecule is COc1ccc(N(C)c2nnc(C)c3cc(-c4cc(C)c(OC)c(B(O)O)c4)ccc23)c(OC)c1. The van der Waals surface area contributed by atoms with E-state index in [0.717, 1.165) is 38.8 Å². The Morgan fingerprint density at radius 2 is 1.57 bits per heavy atom. The number of fused-ring (bicyclic) bond motifs is 1. The van der Waals surface area contributed by atoms with E-state index in [9.17, 15) is 10.0 Å². The average molecular weight is 473 g/mol. The van der Waals surface area contributed by atoms with Crippen LogP contribution in [0.15, 0.2) is 48.5 Å². The normalized spacial score (nSPS) is 10.9. The molecule has 9 heteroatoms. The second kappa shape index (κ2) is 9.81.